The molecule has 0 aromatic heterocycles. The minimum absolute atomic E-state index is 0.187. The fourth-order valence-electron chi connectivity index (χ4n) is 2.49. The first-order chi connectivity index (χ1) is 14.2. The van der Waals surface area contributed by atoms with E-state index in [4.69, 9.17) is 10.5 Å². The molecule has 0 unspecified atom stereocenters. The van der Waals surface area contributed by atoms with E-state index in [-0.39, 0.29) is 24.0 Å². The maximum Gasteiger partial charge on any atom is 0.573 e. The Morgan fingerprint density at radius 3 is 2.37 bits per heavy atom. The normalized spacial score (nSPS) is 12.4. The molecule has 5 nitrogen and oxygen atoms in total. The molecule has 160 valence electrons. The second-order valence-electron chi connectivity index (χ2n) is 6.36. The highest BCUT2D eigenvalue weighted by atomic mass is 19.4. The molecule has 2 aromatic rings. The van der Waals surface area contributed by atoms with Crippen molar-refractivity contribution in [3.63, 3.8) is 0 Å². The minimum atomic E-state index is -4.78. The van der Waals surface area contributed by atoms with E-state index in [0.717, 1.165) is 18.1 Å². The fourth-order valence-corrected chi connectivity index (χ4v) is 2.49. The van der Waals surface area contributed by atoms with Crippen molar-refractivity contribution in [2.45, 2.75) is 33.2 Å². The van der Waals surface area contributed by atoms with Gasteiger partial charge in [0.2, 0.25) is 0 Å². The number of alkyl halides is 3. The molecule has 0 fully saturated rings. The summed E-state index contributed by atoms with van der Waals surface area (Å²) in [5.74, 6) is -0.0859. The zero-order chi connectivity index (χ0) is 22.1. The Morgan fingerprint density at radius 2 is 1.73 bits per heavy atom. The van der Waals surface area contributed by atoms with Crippen molar-refractivity contribution < 1.29 is 27.4 Å². The lowest BCUT2D eigenvalue weighted by molar-refractivity contribution is -0.274. The van der Waals surface area contributed by atoms with Gasteiger partial charge in [0.25, 0.3) is 5.91 Å². The van der Waals surface area contributed by atoms with Gasteiger partial charge in [0, 0.05) is 18.3 Å². The molecule has 3 N–H and O–H groups in total. The third-order valence-electron chi connectivity index (χ3n) is 3.82. The van der Waals surface area contributed by atoms with E-state index in [1.54, 1.807) is 37.3 Å². The first-order valence-corrected chi connectivity index (χ1v) is 9.21. The number of rotatable bonds is 8. The van der Waals surface area contributed by atoms with Crippen molar-refractivity contribution in [1.82, 2.24) is 5.32 Å². The summed E-state index contributed by atoms with van der Waals surface area (Å²) < 4.78 is 46.6. The third kappa shape index (κ3) is 7.54. The zero-order valence-electron chi connectivity index (χ0n) is 16.6. The van der Waals surface area contributed by atoms with Crippen molar-refractivity contribution in [2.75, 3.05) is 0 Å². The molecule has 0 spiro atoms. The van der Waals surface area contributed by atoms with E-state index < -0.39 is 6.36 Å². The maximum atomic E-state index is 12.4. The van der Waals surface area contributed by atoms with E-state index in [1.165, 1.54) is 18.2 Å². The zero-order valence-corrected chi connectivity index (χ0v) is 16.6. The first kappa shape index (κ1) is 22.9. The predicted octanol–water partition coefficient (Wildman–Crippen LogP) is 5.19. The van der Waals surface area contributed by atoms with Crippen LogP contribution < -0.4 is 20.5 Å². The second-order valence-corrected chi connectivity index (χ2v) is 6.36. The number of hydrogen-bond acceptors (Lipinski definition) is 4. The van der Waals surface area contributed by atoms with E-state index >= 15 is 0 Å². The van der Waals surface area contributed by atoms with Gasteiger partial charge in [0.1, 0.15) is 17.2 Å². The van der Waals surface area contributed by atoms with Crippen LogP contribution in [0.1, 0.15) is 25.8 Å². The molecule has 30 heavy (non-hydrogen) atoms. The molecule has 1 amide bonds. The smallest absolute Gasteiger partial charge is 0.457 e. The van der Waals surface area contributed by atoms with Crippen LogP contribution in [-0.4, -0.2) is 12.3 Å². The number of nitrogens with two attached hydrogens (primary N) is 1. The average molecular weight is 420 g/mol. The van der Waals surface area contributed by atoms with Gasteiger partial charge in [-0.15, -0.1) is 13.2 Å². The Kier molecular flexibility index (Phi) is 7.91. The number of halogens is 3. The molecule has 0 atom stereocenters. The Morgan fingerprint density at radius 1 is 1.10 bits per heavy atom. The Labute approximate surface area is 173 Å². The van der Waals surface area contributed by atoms with Crippen LogP contribution >= 0.6 is 0 Å². The summed E-state index contributed by atoms with van der Waals surface area (Å²) in [6.07, 6.45) is -0.479. The number of nitrogens with one attached hydrogen (secondary N) is 1. The van der Waals surface area contributed by atoms with E-state index in [2.05, 4.69) is 10.1 Å². The van der Waals surface area contributed by atoms with Gasteiger partial charge in [0.05, 0.1) is 5.57 Å². The number of amides is 1. The lowest BCUT2D eigenvalue weighted by Crippen LogP contribution is -2.25. The van der Waals surface area contributed by atoms with Crippen LogP contribution in [-0.2, 0) is 11.3 Å². The van der Waals surface area contributed by atoms with E-state index in [9.17, 15) is 18.0 Å². The number of hydrogen-bond donors (Lipinski definition) is 2. The predicted molar refractivity (Wildman–Crippen MR) is 108 cm³/mol. The van der Waals surface area contributed by atoms with Crippen LogP contribution in [0.25, 0.3) is 0 Å². The van der Waals surface area contributed by atoms with Crippen LogP contribution in [0.5, 0.6) is 17.2 Å². The van der Waals surface area contributed by atoms with Gasteiger partial charge in [-0.3, -0.25) is 4.79 Å². The van der Waals surface area contributed by atoms with Gasteiger partial charge in [-0.05, 0) is 43.2 Å². The molecule has 0 aliphatic rings. The monoisotopic (exact) mass is 420 g/mol. The number of carbonyl (C=O) groups excluding carboxylic acids is 1. The summed E-state index contributed by atoms with van der Waals surface area (Å²) in [5.41, 5.74) is 7.33. The highest BCUT2D eigenvalue weighted by molar-refractivity contribution is 5.96. The summed E-state index contributed by atoms with van der Waals surface area (Å²) in [6, 6.07) is 12.1. The molecule has 2 rings (SSSR count). The van der Waals surface area contributed by atoms with Crippen molar-refractivity contribution in [3.8, 4) is 17.2 Å². The van der Waals surface area contributed by atoms with Gasteiger partial charge >= 0.3 is 6.36 Å². The molecule has 0 bridgehead atoms. The molecule has 0 radical (unpaired) electrons. The van der Waals surface area contributed by atoms with Gasteiger partial charge in [-0.25, -0.2) is 0 Å². The summed E-state index contributed by atoms with van der Waals surface area (Å²) in [4.78, 5) is 12.4. The van der Waals surface area contributed by atoms with Crippen LogP contribution in [0.2, 0.25) is 0 Å². The van der Waals surface area contributed by atoms with Crippen molar-refractivity contribution in [1.29, 1.82) is 0 Å². The van der Waals surface area contributed by atoms with Gasteiger partial charge in [-0.2, -0.15) is 0 Å². The molecular weight excluding hydrogens is 397 g/mol. The number of carbonyl (C=O) groups is 1. The Balaban J connectivity index is 2.05. The standard InChI is InChI=1S/C22H23F3N2O3/c1-3-4-11-20(15(2)26)21(28)27-14-16-7-5-8-17(12-16)29-18-9-6-10-19(13-18)30-22(23,24)25/h4-13H,3,14,26H2,1-2H3,(H,27,28)/b11-4-,20-15-. The third-order valence-corrected chi connectivity index (χ3v) is 3.82. The van der Waals surface area contributed by atoms with E-state index in [1.807, 2.05) is 13.0 Å². The van der Waals surface area contributed by atoms with Crippen molar-refractivity contribution in [3.05, 3.63) is 77.5 Å². The quantitative estimate of drug-likeness (QED) is 0.455. The van der Waals surface area contributed by atoms with Gasteiger partial charge < -0.3 is 20.5 Å². The summed E-state index contributed by atoms with van der Waals surface area (Å²) in [6.45, 7) is 3.83. The summed E-state index contributed by atoms with van der Waals surface area (Å²) in [7, 11) is 0. The molecule has 0 aliphatic carbocycles. The lowest BCUT2D eigenvalue weighted by Gasteiger charge is -2.12. The highest BCUT2D eigenvalue weighted by Gasteiger charge is 2.31. The molecular formula is C22H23F3N2O3. The number of benzene rings is 2. The minimum Gasteiger partial charge on any atom is -0.457 e. The van der Waals surface area contributed by atoms with Crippen LogP contribution in [0.15, 0.2) is 72.0 Å². The molecule has 2 aromatic carbocycles. The van der Waals surface area contributed by atoms with Crippen LogP contribution in [0, 0.1) is 0 Å². The molecule has 0 saturated carbocycles. The van der Waals surface area contributed by atoms with Crippen LogP contribution in [0.3, 0.4) is 0 Å². The summed E-state index contributed by atoms with van der Waals surface area (Å²) in [5, 5.41) is 2.79. The summed E-state index contributed by atoms with van der Waals surface area (Å²) >= 11 is 0. The largest absolute Gasteiger partial charge is 0.573 e. The van der Waals surface area contributed by atoms with Crippen molar-refractivity contribution >= 4 is 5.91 Å². The Bertz CT molecular complexity index is 933. The molecule has 0 aliphatic heterocycles. The number of allylic oxidation sites excluding steroid dienone is 2. The highest BCUT2D eigenvalue weighted by Crippen LogP contribution is 2.29. The lowest BCUT2D eigenvalue weighted by atomic mass is 10.1. The maximum absolute atomic E-state index is 12.4. The fraction of sp³-hybridized carbons (Fsp3) is 0.227. The topological polar surface area (TPSA) is 73.6 Å². The van der Waals surface area contributed by atoms with Gasteiger partial charge in [0.15, 0.2) is 0 Å². The average Bonchev–Trinajstić information content (AvgIpc) is 2.65. The van der Waals surface area contributed by atoms with Crippen LogP contribution in [0.4, 0.5) is 13.2 Å². The second kappa shape index (κ2) is 10.4. The SMILES string of the molecule is CC/C=C\C(C(=O)NCc1cccc(Oc2cccc(OC(F)(F)F)c2)c1)=C(/C)N. The molecule has 0 heterocycles. The van der Waals surface area contributed by atoms with E-state index in [0.29, 0.717) is 17.0 Å². The Hall–Kier alpha value is -3.42. The number of ether oxygens (including phenoxy) is 2. The molecule has 0 saturated heterocycles. The molecule has 8 heteroatoms. The van der Waals surface area contributed by atoms with Gasteiger partial charge in [-0.1, -0.05) is 37.3 Å². The first-order valence-electron chi connectivity index (χ1n) is 9.21. The van der Waals surface area contributed by atoms with Crippen molar-refractivity contribution in [2.24, 2.45) is 5.73 Å².